The Labute approximate surface area is 104 Å². The molecule has 3 nitrogen and oxygen atoms in total. The highest BCUT2D eigenvalue weighted by molar-refractivity contribution is 5.43. The summed E-state index contributed by atoms with van der Waals surface area (Å²) in [6.45, 7) is 6.69. The first-order valence-electron chi connectivity index (χ1n) is 6.45. The van der Waals surface area contributed by atoms with Crippen molar-refractivity contribution in [3.8, 4) is 5.75 Å². The molecular weight excluding hydrogens is 212 g/mol. The van der Waals surface area contributed by atoms with Crippen LogP contribution in [0.1, 0.15) is 26.7 Å². The van der Waals surface area contributed by atoms with E-state index >= 15 is 0 Å². The fourth-order valence-corrected chi connectivity index (χ4v) is 2.29. The van der Waals surface area contributed by atoms with Gasteiger partial charge in [-0.3, -0.25) is 4.90 Å². The molecule has 2 unspecified atom stereocenters. The van der Waals surface area contributed by atoms with E-state index in [-0.39, 0.29) is 0 Å². The summed E-state index contributed by atoms with van der Waals surface area (Å²) in [5.74, 6) is 0.890. The minimum absolute atomic E-state index is 0.311. The van der Waals surface area contributed by atoms with Gasteiger partial charge in [0.1, 0.15) is 11.9 Å². The van der Waals surface area contributed by atoms with Gasteiger partial charge in [-0.05, 0) is 31.9 Å². The second-order valence-corrected chi connectivity index (χ2v) is 4.85. The molecule has 2 rings (SSSR count). The topological polar surface area (TPSA) is 38.5 Å². The van der Waals surface area contributed by atoms with Crippen molar-refractivity contribution in [2.24, 2.45) is 0 Å². The molecule has 0 spiro atoms. The Kier molecular flexibility index (Phi) is 3.89. The van der Waals surface area contributed by atoms with Crippen LogP contribution in [0.25, 0.3) is 0 Å². The molecule has 1 aromatic rings. The Hall–Kier alpha value is -1.22. The van der Waals surface area contributed by atoms with Gasteiger partial charge in [-0.1, -0.05) is 13.0 Å². The molecule has 1 aromatic carbocycles. The van der Waals surface area contributed by atoms with Crippen molar-refractivity contribution in [3.05, 3.63) is 24.3 Å². The smallest absolute Gasteiger partial charge is 0.121 e. The highest BCUT2D eigenvalue weighted by Gasteiger charge is 2.26. The highest BCUT2D eigenvalue weighted by atomic mass is 16.5. The number of ether oxygens (including phenoxy) is 1. The van der Waals surface area contributed by atoms with Crippen molar-refractivity contribution in [2.75, 3.05) is 18.8 Å². The third-order valence-electron chi connectivity index (χ3n) is 3.55. The van der Waals surface area contributed by atoms with E-state index in [1.54, 1.807) is 0 Å². The van der Waals surface area contributed by atoms with Gasteiger partial charge < -0.3 is 10.5 Å². The highest BCUT2D eigenvalue weighted by Crippen LogP contribution is 2.21. The minimum atomic E-state index is 0.311. The maximum Gasteiger partial charge on any atom is 0.121 e. The third kappa shape index (κ3) is 3.13. The van der Waals surface area contributed by atoms with E-state index in [4.69, 9.17) is 10.5 Å². The zero-order valence-corrected chi connectivity index (χ0v) is 10.7. The van der Waals surface area contributed by atoms with E-state index < -0.39 is 0 Å². The maximum atomic E-state index is 5.96. The second-order valence-electron chi connectivity index (χ2n) is 4.85. The van der Waals surface area contributed by atoms with Crippen LogP contribution in [0.15, 0.2) is 24.3 Å². The van der Waals surface area contributed by atoms with Gasteiger partial charge in [0, 0.05) is 30.9 Å². The molecule has 1 aliphatic rings. The summed E-state index contributed by atoms with van der Waals surface area (Å²) in [7, 11) is 0. The molecule has 0 bridgehead atoms. The van der Waals surface area contributed by atoms with Crippen molar-refractivity contribution >= 4 is 5.69 Å². The fraction of sp³-hybridized carbons (Fsp3) is 0.571. The molecule has 0 aromatic heterocycles. The maximum absolute atomic E-state index is 5.96. The van der Waals surface area contributed by atoms with E-state index in [1.807, 2.05) is 24.3 Å². The van der Waals surface area contributed by atoms with Crippen LogP contribution in [0, 0.1) is 0 Å². The van der Waals surface area contributed by atoms with Gasteiger partial charge >= 0.3 is 0 Å². The number of nitrogens with two attached hydrogens (primary N) is 1. The van der Waals surface area contributed by atoms with Gasteiger partial charge in [0.2, 0.25) is 0 Å². The first kappa shape index (κ1) is 12.2. The Balaban J connectivity index is 1.89. The summed E-state index contributed by atoms with van der Waals surface area (Å²) in [4.78, 5) is 2.50. The molecule has 0 saturated carbocycles. The Morgan fingerprint density at radius 1 is 1.53 bits per heavy atom. The molecule has 1 saturated heterocycles. The van der Waals surface area contributed by atoms with Crippen LogP contribution in [-0.2, 0) is 0 Å². The third-order valence-corrected chi connectivity index (χ3v) is 3.55. The van der Waals surface area contributed by atoms with Gasteiger partial charge in [0.25, 0.3) is 0 Å². The van der Waals surface area contributed by atoms with Crippen molar-refractivity contribution < 1.29 is 4.74 Å². The van der Waals surface area contributed by atoms with Gasteiger partial charge in [-0.25, -0.2) is 0 Å². The Morgan fingerprint density at radius 3 is 3.06 bits per heavy atom. The average Bonchev–Trinajstić information content (AvgIpc) is 2.76. The van der Waals surface area contributed by atoms with Crippen LogP contribution in [0.2, 0.25) is 0 Å². The van der Waals surface area contributed by atoms with E-state index in [9.17, 15) is 0 Å². The number of benzene rings is 1. The van der Waals surface area contributed by atoms with E-state index in [2.05, 4.69) is 18.7 Å². The predicted molar refractivity (Wildman–Crippen MR) is 71.2 cm³/mol. The standard InChI is InChI=1S/C14H22N2O/c1-3-11(2)16-8-7-14(10-16)17-13-6-4-5-12(15)9-13/h4-6,9,11,14H,3,7-8,10,15H2,1-2H3. The average molecular weight is 234 g/mol. The summed E-state index contributed by atoms with van der Waals surface area (Å²) >= 11 is 0. The normalized spacial score (nSPS) is 22.6. The molecular formula is C14H22N2O. The number of nitrogen functional groups attached to an aromatic ring is 1. The lowest BCUT2D eigenvalue weighted by molar-refractivity contribution is 0.181. The Morgan fingerprint density at radius 2 is 2.35 bits per heavy atom. The SMILES string of the molecule is CCC(C)N1CCC(Oc2cccc(N)c2)C1. The molecule has 0 aliphatic carbocycles. The minimum Gasteiger partial charge on any atom is -0.489 e. The van der Waals surface area contributed by atoms with Gasteiger partial charge in [-0.15, -0.1) is 0 Å². The molecule has 17 heavy (non-hydrogen) atoms. The zero-order chi connectivity index (χ0) is 12.3. The lowest BCUT2D eigenvalue weighted by Gasteiger charge is -2.22. The first-order chi connectivity index (χ1) is 8.19. The molecule has 3 heteroatoms. The van der Waals surface area contributed by atoms with Gasteiger partial charge in [0.05, 0.1) is 0 Å². The van der Waals surface area contributed by atoms with Crippen LogP contribution in [-0.4, -0.2) is 30.1 Å². The summed E-state index contributed by atoms with van der Waals surface area (Å²) in [6.07, 6.45) is 2.62. The zero-order valence-electron chi connectivity index (χ0n) is 10.7. The number of anilines is 1. The number of hydrogen-bond donors (Lipinski definition) is 1. The molecule has 94 valence electrons. The van der Waals surface area contributed by atoms with Gasteiger partial charge in [-0.2, -0.15) is 0 Å². The van der Waals surface area contributed by atoms with Crippen molar-refractivity contribution in [1.29, 1.82) is 0 Å². The van der Waals surface area contributed by atoms with Crippen molar-refractivity contribution in [1.82, 2.24) is 4.90 Å². The van der Waals surface area contributed by atoms with E-state index in [0.717, 1.165) is 30.9 Å². The van der Waals surface area contributed by atoms with Gasteiger partial charge in [0.15, 0.2) is 0 Å². The lowest BCUT2D eigenvalue weighted by atomic mass is 10.2. The number of likely N-dealkylation sites (tertiary alicyclic amines) is 1. The first-order valence-corrected chi connectivity index (χ1v) is 6.45. The number of hydrogen-bond acceptors (Lipinski definition) is 3. The monoisotopic (exact) mass is 234 g/mol. The molecule has 1 fully saturated rings. The van der Waals surface area contributed by atoms with Crippen LogP contribution in [0.4, 0.5) is 5.69 Å². The van der Waals surface area contributed by atoms with Crippen LogP contribution in [0.5, 0.6) is 5.75 Å². The molecule has 1 heterocycles. The molecule has 2 atom stereocenters. The fourth-order valence-electron chi connectivity index (χ4n) is 2.29. The van der Waals surface area contributed by atoms with Crippen molar-refractivity contribution in [2.45, 2.75) is 38.8 Å². The summed E-state index contributed by atoms with van der Waals surface area (Å²) in [6, 6.07) is 8.34. The largest absolute Gasteiger partial charge is 0.489 e. The molecule has 2 N–H and O–H groups in total. The summed E-state index contributed by atoms with van der Waals surface area (Å²) in [5, 5.41) is 0. The van der Waals surface area contributed by atoms with Crippen LogP contribution < -0.4 is 10.5 Å². The molecule has 0 amide bonds. The molecule has 1 aliphatic heterocycles. The summed E-state index contributed by atoms with van der Waals surface area (Å²) < 4.78 is 5.96. The van der Waals surface area contributed by atoms with Crippen molar-refractivity contribution in [3.63, 3.8) is 0 Å². The predicted octanol–water partition coefficient (Wildman–Crippen LogP) is 2.52. The molecule has 0 radical (unpaired) electrons. The number of rotatable bonds is 4. The number of nitrogens with zero attached hydrogens (tertiary/aromatic N) is 1. The lowest BCUT2D eigenvalue weighted by Crippen LogP contribution is -2.32. The second kappa shape index (κ2) is 5.41. The Bertz CT molecular complexity index is 367. The van der Waals surface area contributed by atoms with E-state index in [0.29, 0.717) is 12.1 Å². The van der Waals surface area contributed by atoms with Crippen LogP contribution in [0.3, 0.4) is 0 Å². The quantitative estimate of drug-likeness (QED) is 0.814. The van der Waals surface area contributed by atoms with E-state index in [1.165, 1.54) is 6.42 Å². The van der Waals surface area contributed by atoms with Crippen LogP contribution >= 0.6 is 0 Å². The summed E-state index contributed by atoms with van der Waals surface area (Å²) in [5.41, 5.74) is 6.50.